The predicted octanol–water partition coefficient (Wildman–Crippen LogP) is 6.59. The number of sulfonamides is 1. The summed E-state index contributed by atoms with van der Waals surface area (Å²) in [6.07, 6.45) is 1.19. The first-order chi connectivity index (χ1) is 19.3. The van der Waals surface area contributed by atoms with Gasteiger partial charge in [-0.15, -0.1) is 0 Å². The van der Waals surface area contributed by atoms with Gasteiger partial charge in [0.1, 0.15) is 12.6 Å². The molecule has 3 aromatic carbocycles. The molecule has 0 radical (unpaired) electrons. The molecule has 220 valence electrons. The topological polar surface area (TPSA) is 86.8 Å². The molecule has 0 aromatic heterocycles. The summed E-state index contributed by atoms with van der Waals surface area (Å²) in [6.45, 7) is 3.81. The normalized spacial score (nSPS) is 12.2. The van der Waals surface area contributed by atoms with E-state index in [9.17, 15) is 18.0 Å². The third kappa shape index (κ3) is 9.61. The molecule has 12 heteroatoms. The van der Waals surface area contributed by atoms with E-state index >= 15 is 0 Å². The van der Waals surface area contributed by atoms with E-state index in [1.165, 1.54) is 17.0 Å². The van der Waals surface area contributed by atoms with Gasteiger partial charge in [0.25, 0.3) is 0 Å². The van der Waals surface area contributed by atoms with E-state index < -0.39 is 28.5 Å². The number of amides is 2. The Morgan fingerprint density at radius 2 is 1.51 bits per heavy atom. The minimum Gasteiger partial charge on any atom is -0.354 e. The van der Waals surface area contributed by atoms with Crippen LogP contribution in [0.1, 0.15) is 25.0 Å². The Morgan fingerprint density at radius 3 is 2.10 bits per heavy atom. The van der Waals surface area contributed by atoms with Crippen LogP contribution in [0, 0.1) is 5.92 Å². The van der Waals surface area contributed by atoms with Gasteiger partial charge in [0, 0.05) is 24.0 Å². The van der Waals surface area contributed by atoms with Crippen LogP contribution in [0.25, 0.3) is 0 Å². The van der Waals surface area contributed by atoms with Crippen molar-refractivity contribution >= 4 is 78.3 Å². The SMILES string of the molecule is CC(C)CNC(=O)[C@H](Cc1ccccc1)N(Cc1ccc(Br)cc1)C(=O)CN(c1cc(Cl)c(Cl)cc1Cl)S(C)(=O)=O. The van der Waals surface area contributed by atoms with Crippen molar-refractivity contribution < 1.29 is 18.0 Å². The van der Waals surface area contributed by atoms with E-state index in [1.54, 1.807) is 0 Å². The number of rotatable bonds is 12. The second-order valence-corrected chi connectivity index (χ2v) is 14.0. The van der Waals surface area contributed by atoms with Gasteiger partial charge in [0.15, 0.2) is 0 Å². The maximum atomic E-state index is 14.1. The highest BCUT2D eigenvalue weighted by Gasteiger charge is 2.33. The van der Waals surface area contributed by atoms with Crippen molar-refractivity contribution in [1.82, 2.24) is 10.2 Å². The Morgan fingerprint density at radius 1 is 0.902 bits per heavy atom. The first kappa shape index (κ1) is 33.2. The lowest BCUT2D eigenvalue weighted by Gasteiger charge is -2.34. The molecule has 0 saturated carbocycles. The van der Waals surface area contributed by atoms with Crippen molar-refractivity contribution in [2.24, 2.45) is 5.92 Å². The van der Waals surface area contributed by atoms with Crippen molar-refractivity contribution in [3.05, 3.63) is 97.4 Å². The molecule has 3 rings (SSSR count). The molecule has 0 bridgehead atoms. The lowest BCUT2D eigenvalue weighted by molar-refractivity contribution is -0.140. The fraction of sp³-hybridized carbons (Fsp3) is 0.310. The molecule has 0 heterocycles. The largest absolute Gasteiger partial charge is 0.354 e. The van der Waals surface area contributed by atoms with Crippen molar-refractivity contribution in [3.8, 4) is 0 Å². The molecule has 41 heavy (non-hydrogen) atoms. The second kappa shape index (κ2) is 14.7. The molecule has 0 aliphatic rings. The van der Waals surface area contributed by atoms with Crippen molar-refractivity contribution in [2.45, 2.75) is 32.9 Å². The Bertz CT molecular complexity index is 1470. The van der Waals surface area contributed by atoms with Crippen LogP contribution in [0.5, 0.6) is 0 Å². The van der Waals surface area contributed by atoms with E-state index in [0.717, 1.165) is 26.2 Å². The molecule has 0 spiro atoms. The third-order valence-electron chi connectivity index (χ3n) is 6.16. The molecule has 1 N–H and O–H groups in total. The Kier molecular flexibility index (Phi) is 11.9. The molecule has 0 aliphatic heterocycles. The van der Waals surface area contributed by atoms with Gasteiger partial charge in [-0.2, -0.15) is 0 Å². The molecule has 2 amide bonds. The Hall–Kier alpha value is -2.30. The summed E-state index contributed by atoms with van der Waals surface area (Å²) < 4.78 is 27.6. The van der Waals surface area contributed by atoms with Crippen LogP contribution in [0.15, 0.2) is 71.2 Å². The lowest BCUT2D eigenvalue weighted by Crippen LogP contribution is -2.53. The van der Waals surface area contributed by atoms with Crippen LogP contribution in [0.2, 0.25) is 15.1 Å². The molecule has 0 saturated heterocycles. The van der Waals surface area contributed by atoms with Gasteiger partial charge in [-0.1, -0.05) is 107 Å². The predicted molar refractivity (Wildman–Crippen MR) is 170 cm³/mol. The summed E-state index contributed by atoms with van der Waals surface area (Å²) in [6, 6.07) is 18.4. The molecule has 1 atom stereocenters. The molecular formula is C29H31BrCl3N3O4S. The average Bonchev–Trinajstić information content (AvgIpc) is 2.91. The number of hydrogen-bond acceptors (Lipinski definition) is 4. The average molecular weight is 704 g/mol. The zero-order valence-electron chi connectivity index (χ0n) is 22.8. The van der Waals surface area contributed by atoms with E-state index in [2.05, 4.69) is 21.2 Å². The minimum atomic E-state index is -4.01. The highest BCUT2D eigenvalue weighted by molar-refractivity contribution is 9.10. The first-order valence-electron chi connectivity index (χ1n) is 12.7. The Labute approximate surface area is 264 Å². The number of nitrogens with zero attached hydrogens (tertiary/aromatic N) is 2. The van der Waals surface area contributed by atoms with Gasteiger partial charge in [-0.05, 0) is 41.3 Å². The molecule has 3 aromatic rings. The summed E-state index contributed by atoms with van der Waals surface area (Å²) in [4.78, 5) is 29.2. The minimum absolute atomic E-state index is 0.00405. The summed E-state index contributed by atoms with van der Waals surface area (Å²) >= 11 is 22.0. The fourth-order valence-corrected chi connectivity index (χ4v) is 5.87. The summed E-state index contributed by atoms with van der Waals surface area (Å²) in [5.41, 5.74) is 1.61. The van der Waals surface area contributed by atoms with Gasteiger partial charge in [-0.3, -0.25) is 13.9 Å². The number of carbonyl (C=O) groups excluding carboxylic acids is 2. The summed E-state index contributed by atoms with van der Waals surface area (Å²) in [5, 5.41) is 3.17. The highest BCUT2D eigenvalue weighted by atomic mass is 79.9. The van der Waals surface area contributed by atoms with E-state index in [1.807, 2.05) is 68.4 Å². The highest BCUT2D eigenvalue weighted by Crippen LogP contribution is 2.35. The quantitative estimate of drug-likeness (QED) is 0.216. The van der Waals surface area contributed by atoms with Gasteiger partial charge in [0.05, 0.1) is 27.0 Å². The molecular weight excluding hydrogens is 673 g/mol. The first-order valence-corrected chi connectivity index (χ1v) is 16.5. The monoisotopic (exact) mass is 701 g/mol. The number of anilines is 1. The van der Waals surface area contributed by atoms with Crippen molar-refractivity contribution in [3.63, 3.8) is 0 Å². The van der Waals surface area contributed by atoms with Crippen molar-refractivity contribution in [1.29, 1.82) is 0 Å². The van der Waals surface area contributed by atoms with E-state index in [0.29, 0.717) is 6.54 Å². The van der Waals surface area contributed by atoms with Crippen LogP contribution in [-0.4, -0.2) is 50.5 Å². The van der Waals surface area contributed by atoms with E-state index in [-0.39, 0.29) is 45.5 Å². The van der Waals surface area contributed by atoms with Crippen LogP contribution in [0.3, 0.4) is 0 Å². The smallest absolute Gasteiger partial charge is 0.244 e. The number of hydrogen-bond donors (Lipinski definition) is 1. The molecule has 7 nitrogen and oxygen atoms in total. The third-order valence-corrected chi connectivity index (χ3v) is 8.84. The Balaban J connectivity index is 2.08. The number of benzene rings is 3. The van der Waals surface area contributed by atoms with Gasteiger partial charge in [0.2, 0.25) is 21.8 Å². The number of carbonyl (C=O) groups is 2. The number of halogens is 4. The standard InChI is InChI=1S/C29H31BrCl3N3O4S/c1-19(2)16-34-29(38)27(13-20-7-5-4-6-8-20)35(17-21-9-11-22(30)12-10-21)28(37)18-36(41(3,39)40)26-15-24(32)23(31)14-25(26)33/h4-12,14-15,19,27H,13,16-18H2,1-3H3,(H,34,38)/t27-/m0/s1. The van der Waals surface area contributed by atoms with Gasteiger partial charge in [-0.25, -0.2) is 8.42 Å². The molecule has 0 fully saturated rings. The molecule has 0 aliphatic carbocycles. The lowest BCUT2D eigenvalue weighted by atomic mass is 10.0. The van der Waals surface area contributed by atoms with Crippen molar-refractivity contribution in [2.75, 3.05) is 23.7 Å². The molecule has 0 unspecified atom stereocenters. The fourth-order valence-electron chi connectivity index (χ4n) is 4.06. The van der Waals surface area contributed by atoms with Crippen LogP contribution in [0.4, 0.5) is 5.69 Å². The summed E-state index contributed by atoms with van der Waals surface area (Å²) in [7, 11) is -4.01. The van der Waals surface area contributed by atoms with Gasteiger partial charge >= 0.3 is 0 Å². The second-order valence-electron chi connectivity index (χ2n) is 9.98. The van der Waals surface area contributed by atoms with Crippen LogP contribution in [-0.2, 0) is 32.6 Å². The van der Waals surface area contributed by atoms with E-state index in [4.69, 9.17) is 34.8 Å². The zero-order valence-corrected chi connectivity index (χ0v) is 27.5. The maximum Gasteiger partial charge on any atom is 0.244 e. The number of nitrogens with one attached hydrogen (secondary N) is 1. The zero-order chi connectivity index (χ0) is 30.3. The van der Waals surface area contributed by atoms with Crippen LogP contribution >= 0.6 is 50.7 Å². The summed E-state index contributed by atoms with van der Waals surface area (Å²) in [5.74, 6) is -0.753. The van der Waals surface area contributed by atoms with Crippen LogP contribution < -0.4 is 9.62 Å². The maximum absolute atomic E-state index is 14.1. The van der Waals surface area contributed by atoms with Gasteiger partial charge < -0.3 is 10.2 Å².